The van der Waals surface area contributed by atoms with Gasteiger partial charge in [0.25, 0.3) is 0 Å². The first-order valence-corrected chi connectivity index (χ1v) is 7.11. The average Bonchev–Trinajstić information content (AvgIpc) is 2.77. The average molecular weight is 288 g/mol. The van der Waals surface area contributed by atoms with Gasteiger partial charge in [-0.1, -0.05) is 29.8 Å². The zero-order valence-electron chi connectivity index (χ0n) is 12.4. The van der Waals surface area contributed by atoms with Crippen LogP contribution in [0.2, 0.25) is 0 Å². The number of carbonyl (C=O) groups excluding carboxylic acids is 3. The van der Waals surface area contributed by atoms with Crippen molar-refractivity contribution < 1.29 is 14.4 Å². The van der Waals surface area contributed by atoms with Crippen molar-refractivity contribution in [2.75, 3.05) is 13.6 Å². The molecular formula is C16H20N2O3. The first kappa shape index (κ1) is 15.2. The molecule has 1 unspecified atom stereocenters. The lowest BCUT2D eigenvalue weighted by atomic mass is 10.0. The zero-order chi connectivity index (χ0) is 15.4. The van der Waals surface area contributed by atoms with Crippen molar-refractivity contribution in [1.29, 1.82) is 0 Å². The van der Waals surface area contributed by atoms with Crippen LogP contribution in [0, 0.1) is 6.92 Å². The molecule has 1 aromatic rings. The molecule has 5 heteroatoms. The Morgan fingerprint density at radius 2 is 1.90 bits per heavy atom. The fraction of sp³-hybridized carbons (Fsp3) is 0.438. The molecule has 2 amide bonds. The van der Waals surface area contributed by atoms with E-state index in [1.54, 1.807) is 24.1 Å². The number of rotatable bonds is 5. The number of benzene rings is 1. The maximum Gasteiger partial charge on any atom is 0.244 e. The number of likely N-dealkylation sites (N-methyl/N-ethyl adjacent to an activating group) is 1. The number of likely N-dealkylation sites (tertiary alicyclic amines) is 1. The Morgan fingerprint density at radius 3 is 2.48 bits per heavy atom. The first-order valence-electron chi connectivity index (χ1n) is 7.11. The van der Waals surface area contributed by atoms with Crippen LogP contribution in [0.15, 0.2) is 24.3 Å². The van der Waals surface area contributed by atoms with Gasteiger partial charge in [0, 0.05) is 32.0 Å². The number of carbonyl (C=O) groups is 3. The Balaban J connectivity index is 1.80. The third kappa shape index (κ3) is 3.90. The minimum Gasteiger partial charge on any atom is -0.344 e. The topological polar surface area (TPSA) is 66.5 Å². The molecule has 1 saturated heterocycles. The normalized spacial score (nSPS) is 17.9. The number of nitrogens with one attached hydrogen (secondary N) is 1. The van der Waals surface area contributed by atoms with Gasteiger partial charge in [-0.15, -0.1) is 0 Å². The van der Waals surface area contributed by atoms with Crippen LogP contribution in [0.5, 0.6) is 0 Å². The number of Topliss-reactive ketones (excluding diaryl/α,β-unsaturated/α-hetero) is 1. The third-order valence-corrected chi connectivity index (χ3v) is 3.72. The van der Waals surface area contributed by atoms with Crippen LogP contribution in [0.1, 0.15) is 35.2 Å². The summed E-state index contributed by atoms with van der Waals surface area (Å²) >= 11 is 0. The van der Waals surface area contributed by atoms with Crippen LogP contribution >= 0.6 is 0 Å². The van der Waals surface area contributed by atoms with E-state index in [-0.39, 0.29) is 30.4 Å². The van der Waals surface area contributed by atoms with Gasteiger partial charge in [0.05, 0.1) is 0 Å². The fourth-order valence-corrected chi connectivity index (χ4v) is 2.33. The minimum absolute atomic E-state index is 0.0555. The minimum atomic E-state index is -0.433. The van der Waals surface area contributed by atoms with Gasteiger partial charge in [-0.25, -0.2) is 0 Å². The Labute approximate surface area is 124 Å². The van der Waals surface area contributed by atoms with E-state index in [1.165, 1.54) is 0 Å². The highest BCUT2D eigenvalue weighted by molar-refractivity contribution is 5.98. The van der Waals surface area contributed by atoms with Gasteiger partial charge in [0.2, 0.25) is 11.8 Å². The van der Waals surface area contributed by atoms with Crippen molar-refractivity contribution >= 4 is 17.6 Å². The van der Waals surface area contributed by atoms with Crippen molar-refractivity contribution in [3.63, 3.8) is 0 Å². The summed E-state index contributed by atoms with van der Waals surface area (Å²) in [6.45, 7) is 2.61. The molecule has 1 atom stereocenters. The lowest BCUT2D eigenvalue weighted by Gasteiger charge is -2.12. The molecule has 1 fully saturated rings. The summed E-state index contributed by atoms with van der Waals surface area (Å²) in [4.78, 5) is 37.0. The molecule has 21 heavy (non-hydrogen) atoms. The predicted octanol–water partition coefficient (Wildman–Crippen LogP) is 1.30. The van der Waals surface area contributed by atoms with Gasteiger partial charge in [-0.2, -0.15) is 0 Å². The molecule has 0 bridgehead atoms. The number of hydrogen-bond acceptors (Lipinski definition) is 3. The second-order valence-corrected chi connectivity index (χ2v) is 5.46. The SMILES string of the molecule is Cc1ccc(C(=O)CCC(=O)NC2CCN(C)C2=O)cc1. The number of aryl methyl sites for hydroxylation is 1. The van der Waals surface area contributed by atoms with Crippen LogP contribution < -0.4 is 5.32 Å². The molecule has 0 spiro atoms. The van der Waals surface area contributed by atoms with Crippen LogP contribution in [-0.4, -0.2) is 42.1 Å². The summed E-state index contributed by atoms with van der Waals surface area (Å²) in [5.41, 5.74) is 1.71. The van der Waals surface area contributed by atoms with E-state index in [0.29, 0.717) is 18.5 Å². The molecule has 5 nitrogen and oxygen atoms in total. The van der Waals surface area contributed by atoms with Gasteiger partial charge in [0.15, 0.2) is 5.78 Å². The van der Waals surface area contributed by atoms with Gasteiger partial charge >= 0.3 is 0 Å². The molecule has 112 valence electrons. The quantitative estimate of drug-likeness (QED) is 0.831. The van der Waals surface area contributed by atoms with Crippen LogP contribution in [-0.2, 0) is 9.59 Å². The van der Waals surface area contributed by atoms with Gasteiger partial charge in [0.1, 0.15) is 6.04 Å². The summed E-state index contributed by atoms with van der Waals surface area (Å²) in [5, 5.41) is 2.69. The Kier molecular flexibility index (Phi) is 4.73. The smallest absolute Gasteiger partial charge is 0.244 e. The summed E-state index contributed by atoms with van der Waals surface area (Å²) in [5.74, 6) is -0.364. The lowest BCUT2D eigenvalue weighted by Crippen LogP contribution is -2.40. The van der Waals surface area contributed by atoms with Crippen molar-refractivity contribution in [2.45, 2.75) is 32.2 Å². The second-order valence-electron chi connectivity index (χ2n) is 5.46. The third-order valence-electron chi connectivity index (χ3n) is 3.72. The lowest BCUT2D eigenvalue weighted by molar-refractivity contribution is -0.131. The Hall–Kier alpha value is -2.17. The zero-order valence-corrected chi connectivity index (χ0v) is 12.4. The summed E-state index contributed by atoms with van der Waals surface area (Å²) in [6, 6.07) is 6.86. The molecular weight excluding hydrogens is 268 g/mol. The maximum absolute atomic E-state index is 12.0. The highest BCUT2D eigenvalue weighted by Gasteiger charge is 2.30. The van der Waals surface area contributed by atoms with Crippen LogP contribution in [0.25, 0.3) is 0 Å². The largest absolute Gasteiger partial charge is 0.344 e. The van der Waals surface area contributed by atoms with Crippen molar-refractivity contribution in [3.05, 3.63) is 35.4 Å². The molecule has 0 aromatic heterocycles. The summed E-state index contributed by atoms with van der Waals surface area (Å²) < 4.78 is 0. The molecule has 1 aromatic carbocycles. The molecule has 1 N–H and O–H groups in total. The van der Waals surface area contributed by atoms with Crippen LogP contribution in [0.3, 0.4) is 0 Å². The molecule has 1 aliphatic heterocycles. The predicted molar refractivity (Wildman–Crippen MR) is 78.9 cm³/mol. The van der Waals surface area contributed by atoms with E-state index in [0.717, 1.165) is 5.56 Å². The molecule has 1 heterocycles. The molecule has 0 radical (unpaired) electrons. The fourth-order valence-electron chi connectivity index (χ4n) is 2.33. The van der Waals surface area contributed by atoms with E-state index in [9.17, 15) is 14.4 Å². The van der Waals surface area contributed by atoms with Crippen LogP contribution in [0.4, 0.5) is 0 Å². The summed E-state index contributed by atoms with van der Waals surface area (Å²) in [7, 11) is 1.72. The first-order chi connectivity index (χ1) is 9.97. The van der Waals surface area contributed by atoms with Gasteiger partial charge in [-0.3, -0.25) is 14.4 Å². The number of nitrogens with zero attached hydrogens (tertiary/aromatic N) is 1. The van der Waals surface area contributed by atoms with E-state index in [1.807, 2.05) is 19.1 Å². The molecule has 1 aliphatic rings. The highest BCUT2D eigenvalue weighted by atomic mass is 16.2. The number of hydrogen-bond donors (Lipinski definition) is 1. The van der Waals surface area contributed by atoms with Gasteiger partial charge in [-0.05, 0) is 13.3 Å². The van der Waals surface area contributed by atoms with Crippen molar-refractivity contribution in [1.82, 2.24) is 10.2 Å². The highest BCUT2D eigenvalue weighted by Crippen LogP contribution is 2.10. The van der Waals surface area contributed by atoms with E-state index < -0.39 is 6.04 Å². The summed E-state index contributed by atoms with van der Waals surface area (Å²) in [6.07, 6.45) is 0.902. The van der Waals surface area contributed by atoms with E-state index in [2.05, 4.69) is 5.32 Å². The molecule has 0 aliphatic carbocycles. The monoisotopic (exact) mass is 288 g/mol. The second kappa shape index (κ2) is 6.52. The number of amides is 2. The molecule has 0 saturated carbocycles. The Bertz CT molecular complexity index is 551. The maximum atomic E-state index is 12.0. The van der Waals surface area contributed by atoms with E-state index >= 15 is 0 Å². The van der Waals surface area contributed by atoms with E-state index in [4.69, 9.17) is 0 Å². The molecule has 2 rings (SSSR count). The Morgan fingerprint density at radius 1 is 1.24 bits per heavy atom. The van der Waals surface area contributed by atoms with Crippen molar-refractivity contribution in [3.8, 4) is 0 Å². The van der Waals surface area contributed by atoms with Crippen molar-refractivity contribution in [2.24, 2.45) is 0 Å². The number of ketones is 1. The van der Waals surface area contributed by atoms with Gasteiger partial charge < -0.3 is 10.2 Å². The standard InChI is InChI=1S/C16H20N2O3/c1-11-3-5-12(6-4-11)14(19)7-8-15(20)17-13-9-10-18(2)16(13)21/h3-6,13H,7-10H2,1-2H3,(H,17,20).